The van der Waals surface area contributed by atoms with E-state index in [-0.39, 0.29) is 16.7 Å². The van der Waals surface area contributed by atoms with Gasteiger partial charge in [0.25, 0.3) is 5.91 Å². The van der Waals surface area contributed by atoms with Gasteiger partial charge in [-0.1, -0.05) is 35.3 Å². The van der Waals surface area contributed by atoms with Gasteiger partial charge in [-0.25, -0.2) is 0 Å². The van der Waals surface area contributed by atoms with E-state index in [0.29, 0.717) is 17.1 Å². The number of hydrogen-bond acceptors (Lipinski definition) is 2. The van der Waals surface area contributed by atoms with Gasteiger partial charge in [0.2, 0.25) is 0 Å². The molecular weight excluding hydrogens is 285 g/mol. The summed E-state index contributed by atoms with van der Waals surface area (Å²) in [6.07, 6.45) is 0. The highest BCUT2D eigenvalue weighted by molar-refractivity contribution is 6.32. The molecule has 2 aromatic carbocycles. The molecule has 0 bridgehead atoms. The summed E-state index contributed by atoms with van der Waals surface area (Å²) in [4.78, 5) is 11.9. The van der Waals surface area contributed by atoms with Crippen LogP contribution in [0.2, 0.25) is 10.0 Å². The Labute approximate surface area is 120 Å². The van der Waals surface area contributed by atoms with Crippen molar-refractivity contribution in [2.45, 2.75) is 6.54 Å². The van der Waals surface area contributed by atoms with Crippen LogP contribution in [0.3, 0.4) is 0 Å². The zero-order chi connectivity index (χ0) is 13.8. The van der Waals surface area contributed by atoms with Crippen molar-refractivity contribution in [1.29, 1.82) is 0 Å². The average molecular weight is 296 g/mol. The molecular formula is C14H11Cl2NO2. The van der Waals surface area contributed by atoms with Crippen LogP contribution in [-0.4, -0.2) is 11.0 Å². The molecule has 98 valence electrons. The quantitative estimate of drug-likeness (QED) is 0.908. The Morgan fingerprint density at radius 1 is 1.16 bits per heavy atom. The number of benzene rings is 2. The monoisotopic (exact) mass is 295 g/mol. The summed E-state index contributed by atoms with van der Waals surface area (Å²) in [6, 6.07) is 11.6. The van der Waals surface area contributed by atoms with Gasteiger partial charge in [0.1, 0.15) is 5.75 Å². The predicted octanol–water partition coefficient (Wildman–Crippen LogP) is 3.63. The van der Waals surface area contributed by atoms with E-state index in [1.807, 2.05) is 12.1 Å². The van der Waals surface area contributed by atoms with Crippen LogP contribution in [0, 0.1) is 0 Å². The summed E-state index contributed by atoms with van der Waals surface area (Å²) in [6.45, 7) is 0.373. The van der Waals surface area contributed by atoms with Crippen LogP contribution >= 0.6 is 23.2 Å². The van der Waals surface area contributed by atoms with Crippen LogP contribution < -0.4 is 5.32 Å². The number of carbonyl (C=O) groups is 1. The fraction of sp³-hybridized carbons (Fsp3) is 0.0714. The maximum absolute atomic E-state index is 11.9. The number of amides is 1. The number of phenols is 1. The molecule has 2 N–H and O–H groups in total. The third-order valence-electron chi connectivity index (χ3n) is 2.55. The van der Waals surface area contributed by atoms with Crippen LogP contribution in [-0.2, 0) is 6.54 Å². The zero-order valence-corrected chi connectivity index (χ0v) is 11.4. The molecule has 0 spiro atoms. The minimum atomic E-state index is -0.262. The van der Waals surface area contributed by atoms with E-state index in [4.69, 9.17) is 23.2 Å². The lowest BCUT2D eigenvalue weighted by molar-refractivity contribution is 0.0951. The van der Waals surface area contributed by atoms with Crippen molar-refractivity contribution in [1.82, 2.24) is 5.32 Å². The summed E-state index contributed by atoms with van der Waals surface area (Å²) in [5, 5.41) is 12.8. The molecule has 0 aliphatic rings. The van der Waals surface area contributed by atoms with E-state index in [0.717, 1.165) is 5.56 Å². The Kier molecular flexibility index (Phi) is 4.30. The molecule has 3 nitrogen and oxygen atoms in total. The highest BCUT2D eigenvalue weighted by atomic mass is 35.5. The van der Waals surface area contributed by atoms with Gasteiger partial charge in [0.05, 0.1) is 5.02 Å². The fourth-order valence-electron chi connectivity index (χ4n) is 1.58. The molecule has 0 radical (unpaired) electrons. The van der Waals surface area contributed by atoms with Gasteiger partial charge >= 0.3 is 0 Å². The van der Waals surface area contributed by atoms with Gasteiger partial charge in [-0.15, -0.1) is 0 Å². The summed E-state index contributed by atoms with van der Waals surface area (Å²) in [5.41, 5.74) is 1.30. The maximum atomic E-state index is 11.9. The Morgan fingerprint density at radius 3 is 2.63 bits per heavy atom. The third kappa shape index (κ3) is 3.63. The highest BCUT2D eigenvalue weighted by Gasteiger charge is 2.08. The van der Waals surface area contributed by atoms with Gasteiger partial charge in [0.15, 0.2) is 0 Å². The van der Waals surface area contributed by atoms with Crippen LogP contribution in [0.15, 0.2) is 42.5 Å². The summed E-state index contributed by atoms with van der Waals surface area (Å²) >= 11 is 11.6. The van der Waals surface area contributed by atoms with Crippen LogP contribution in [0.5, 0.6) is 5.75 Å². The number of carbonyl (C=O) groups excluding carboxylic acids is 1. The molecule has 5 heteroatoms. The highest BCUT2D eigenvalue weighted by Crippen LogP contribution is 2.23. The van der Waals surface area contributed by atoms with Crippen molar-refractivity contribution in [3.8, 4) is 5.75 Å². The Morgan fingerprint density at radius 2 is 1.95 bits per heavy atom. The minimum absolute atomic E-state index is 0.0481. The molecule has 0 atom stereocenters. The van der Waals surface area contributed by atoms with E-state index >= 15 is 0 Å². The van der Waals surface area contributed by atoms with Crippen molar-refractivity contribution in [3.63, 3.8) is 0 Å². The topological polar surface area (TPSA) is 49.3 Å². The van der Waals surface area contributed by atoms with Crippen molar-refractivity contribution in [3.05, 3.63) is 63.6 Å². The van der Waals surface area contributed by atoms with E-state index in [1.54, 1.807) is 12.1 Å². The molecule has 19 heavy (non-hydrogen) atoms. The smallest absolute Gasteiger partial charge is 0.251 e. The van der Waals surface area contributed by atoms with E-state index in [2.05, 4.69) is 5.32 Å². The molecule has 0 saturated heterocycles. The van der Waals surface area contributed by atoms with Crippen LogP contribution in [0.4, 0.5) is 0 Å². The Hall–Kier alpha value is -1.71. The maximum Gasteiger partial charge on any atom is 0.251 e. The van der Waals surface area contributed by atoms with Crippen molar-refractivity contribution < 1.29 is 9.90 Å². The number of phenolic OH excluding ortho intramolecular Hbond substituents is 1. The lowest BCUT2D eigenvalue weighted by Gasteiger charge is -2.06. The SMILES string of the molecule is O=C(NCc1cccc(Cl)c1)c1ccc(O)c(Cl)c1. The van der Waals surface area contributed by atoms with Gasteiger partial charge in [-0.05, 0) is 35.9 Å². The second kappa shape index (κ2) is 5.95. The number of aromatic hydroxyl groups is 1. The number of hydrogen-bond donors (Lipinski definition) is 2. The second-order valence-corrected chi connectivity index (χ2v) is 4.82. The van der Waals surface area contributed by atoms with Gasteiger partial charge < -0.3 is 10.4 Å². The molecule has 0 aliphatic heterocycles. The standard InChI is InChI=1S/C14H11Cl2NO2/c15-11-3-1-2-9(6-11)8-17-14(19)10-4-5-13(18)12(16)7-10/h1-7,18H,8H2,(H,17,19). The Balaban J connectivity index is 2.03. The lowest BCUT2D eigenvalue weighted by Crippen LogP contribution is -2.22. The van der Waals surface area contributed by atoms with E-state index in [1.165, 1.54) is 18.2 Å². The van der Waals surface area contributed by atoms with Gasteiger partial charge in [0, 0.05) is 17.1 Å². The number of halogens is 2. The Bertz CT molecular complexity index is 614. The molecule has 0 unspecified atom stereocenters. The first-order valence-electron chi connectivity index (χ1n) is 5.57. The van der Waals surface area contributed by atoms with Crippen molar-refractivity contribution in [2.75, 3.05) is 0 Å². The van der Waals surface area contributed by atoms with E-state index in [9.17, 15) is 9.90 Å². The minimum Gasteiger partial charge on any atom is -0.506 e. The average Bonchev–Trinajstić information content (AvgIpc) is 2.39. The summed E-state index contributed by atoms with van der Waals surface area (Å²) in [5.74, 6) is -0.310. The lowest BCUT2D eigenvalue weighted by atomic mass is 10.2. The largest absolute Gasteiger partial charge is 0.506 e. The van der Waals surface area contributed by atoms with Crippen LogP contribution in [0.25, 0.3) is 0 Å². The third-order valence-corrected chi connectivity index (χ3v) is 3.09. The molecule has 2 rings (SSSR count). The molecule has 1 amide bonds. The molecule has 0 aromatic heterocycles. The number of nitrogens with one attached hydrogen (secondary N) is 1. The fourth-order valence-corrected chi connectivity index (χ4v) is 1.97. The normalized spacial score (nSPS) is 10.2. The predicted molar refractivity (Wildman–Crippen MR) is 75.7 cm³/mol. The van der Waals surface area contributed by atoms with Gasteiger partial charge in [-0.2, -0.15) is 0 Å². The molecule has 0 heterocycles. The first kappa shape index (κ1) is 13.7. The second-order valence-electron chi connectivity index (χ2n) is 3.98. The molecule has 0 fully saturated rings. The van der Waals surface area contributed by atoms with Crippen LogP contribution in [0.1, 0.15) is 15.9 Å². The number of rotatable bonds is 3. The van der Waals surface area contributed by atoms with Crippen molar-refractivity contribution >= 4 is 29.1 Å². The van der Waals surface area contributed by atoms with Gasteiger partial charge in [-0.3, -0.25) is 4.79 Å². The summed E-state index contributed by atoms with van der Waals surface area (Å²) < 4.78 is 0. The zero-order valence-electron chi connectivity index (χ0n) is 9.86. The first-order chi connectivity index (χ1) is 9.06. The molecule has 0 aliphatic carbocycles. The summed E-state index contributed by atoms with van der Waals surface area (Å²) in [7, 11) is 0. The van der Waals surface area contributed by atoms with Crippen molar-refractivity contribution in [2.24, 2.45) is 0 Å². The molecule has 0 saturated carbocycles. The van der Waals surface area contributed by atoms with E-state index < -0.39 is 0 Å². The first-order valence-corrected chi connectivity index (χ1v) is 6.33. The molecule has 2 aromatic rings.